The van der Waals surface area contributed by atoms with Crippen LogP contribution >= 0.6 is 11.3 Å². The van der Waals surface area contributed by atoms with E-state index in [1.807, 2.05) is 61.7 Å². The molecule has 0 aliphatic rings. The highest BCUT2D eigenvalue weighted by molar-refractivity contribution is 7.10. The largest absolute Gasteiger partial charge is 0.135 e. The summed E-state index contributed by atoms with van der Waals surface area (Å²) in [5.41, 5.74) is 1.08. The van der Waals surface area contributed by atoms with Gasteiger partial charge < -0.3 is 0 Å². The molecule has 1 aromatic carbocycles. The fourth-order valence-corrected chi connectivity index (χ4v) is 1.76. The summed E-state index contributed by atoms with van der Waals surface area (Å²) in [4.78, 5) is 1.15. The quantitative estimate of drug-likeness (QED) is 0.604. The van der Waals surface area contributed by atoms with E-state index in [9.17, 15) is 0 Å². The molecule has 0 saturated carbocycles. The Morgan fingerprint density at radius 3 is 2.06 bits per heavy atom. The van der Waals surface area contributed by atoms with Gasteiger partial charge in [0, 0.05) is 5.56 Å². The van der Waals surface area contributed by atoms with Crippen molar-refractivity contribution in [1.82, 2.24) is 0 Å². The van der Waals surface area contributed by atoms with Crippen molar-refractivity contribution in [2.45, 2.75) is 13.8 Å². The minimum Gasteiger partial charge on any atom is -0.135 e. The molecule has 2 aromatic rings. The van der Waals surface area contributed by atoms with Crippen LogP contribution in [0.25, 0.3) is 0 Å². The molecule has 0 saturated heterocycles. The van der Waals surface area contributed by atoms with Crippen molar-refractivity contribution in [3.8, 4) is 23.7 Å². The lowest BCUT2D eigenvalue weighted by Crippen LogP contribution is -1.67. The van der Waals surface area contributed by atoms with Crippen molar-refractivity contribution in [3.63, 3.8) is 0 Å². The number of hydrogen-bond acceptors (Lipinski definition) is 1. The lowest BCUT2D eigenvalue weighted by Gasteiger charge is -1.83. The summed E-state index contributed by atoms with van der Waals surface area (Å²) in [6, 6.07) is 14.0. The predicted octanol–water partition coefficient (Wildman–Crippen LogP) is 4.18. The Balaban J connectivity index is 0.000000171. The Bertz CT molecular complexity index is 528. The minimum atomic E-state index is 1.08. The summed E-state index contributed by atoms with van der Waals surface area (Å²) < 4.78 is 0. The molecule has 0 nitrogen and oxygen atoms in total. The van der Waals surface area contributed by atoms with Gasteiger partial charge in [-0.3, -0.25) is 0 Å². The topological polar surface area (TPSA) is 0 Å². The predicted molar refractivity (Wildman–Crippen MR) is 75.9 cm³/mol. The van der Waals surface area contributed by atoms with Gasteiger partial charge in [-0.2, -0.15) is 0 Å². The van der Waals surface area contributed by atoms with Crippen LogP contribution in [0, 0.1) is 23.7 Å². The Morgan fingerprint density at radius 2 is 1.53 bits per heavy atom. The maximum Gasteiger partial charge on any atom is 0.0768 e. The summed E-state index contributed by atoms with van der Waals surface area (Å²) in [5.74, 6) is 11.6. The molecule has 0 spiro atoms. The molecule has 0 unspecified atom stereocenters. The molecule has 0 radical (unpaired) electrons. The number of hydrogen-bond donors (Lipinski definition) is 0. The van der Waals surface area contributed by atoms with E-state index in [1.165, 1.54) is 0 Å². The van der Waals surface area contributed by atoms with Crippen molar-refractivity contribution in [1.29, 1.82) is 0 Å². The Kier molecular flexibility index (Phi) is 6.34. The van der Waals surface area contributed by atoms with E-state index in [1.54, 1.807) is 11.3 Å². The van der Waals surface area contributed by atoms with Crippen molar-refractivity contribution in [3.05, 3.63) is 58.3 Å². The van der Waals surface area contributed by atoms with Gasteiger partial charge in [0.1, 0.15) is 0 Å². The molecule has 0 amide bonds. The van der Waals surface area contributed by atoms with Crippen LogP contribution in [-0.2, 0) is 0 Å². The van der Waals surface area contributed by atoms with Crippen LogP contribution in [0.3, 0.4) is 0 Å². The molecular weight excluding hydrogens is 224 g/mol. The van der Waals surface area contributed by atoms with Crippen LogP contribution in [0.15, 0.2) is 47.8 Å². The van der Waals surface area contributed by atoms with Gasteiger partial charge >= 0.3 is 0 Å². The first-order valence-corrected chi connectivity index (χ1v) is 6.19. The fraction of sp³-hybridized carbons (Fsp3) is 0.125. The molecule has 84 valence electrons. The highest BCUT2D eigenvalue weighted by Gasteiger charge is 1.80. The monoisotopic (exact) mass is 238 g/mol. The summed E-state index contributed by atoms with van der Waals surface area (Å²) in [7, 11) is 0. The SMILES string of the molecule is CC#Cc1ccccc1.CC#Cc1cccs1. The third kappa shape index (κ3) is 5.61. The van der Waals surface area contributed by atoms with E-state index < -0.39 is 0 Å². The third-order valence-corrected chi connectivity index (χ3v) is 2.60. The van der Waals surface area contributed by atoms with Gasteiger partial charge in [-0.15, -0.1) is 23.2 Å². The summed E-state index contributed by atoms with van der Waals surface area (Å²) in [6.07, 6.45) is 0. The van der Waals surface area contributed by atoms with Gasteiger partial charge in [0.25, 0.3) is 0 Å². The smallest absolute Gasteiger partial charge is 0.0768 e. The molecule has 2 rings (SSSR count). The third-order valence-electron chi connectivity index (χ3n) is 1.81. The highest BCUT2D eigenvalue weighted by atomic mass is 32.1. The summed E-state index contributed by atoms with van der Waals surface area (Å²) >= 11 is 1.67. The molecule has 1 aromatic heterocycles. The molecular formula is C16H14S. The van der Waals surface area contributed by atoms with Gasteiger partial charge in [-0.05, 0) is 37.4 Å². The number of rotatable bonds is 0. The van der Waals surface area contributed by atoms with Crippen LogP contribution in [0.2, 0.25) is 0 Å². The summed E-state index contributed by atoms with van der Waals surface area (Å²) in [6.45, 7) is 3.69. The molecule has 1 heteroatoms. The van der Waals surface area contributed by atoms with E-state index in [-0.39, 0.29) is 0 Å². The van der Waals surface area contributed by atoms with Gasteiger partial charge in [-0.1, -0.05) is 36.1 Å². The first kappa shape index (κ1) is 13.1. The van der Waals surface area contributed by atoms with Gasteiger partial charge in [0.05, 0.1) is 4.88 Å². The van der Waals surface area contributed by atoms with Gasteiger partial charge in [-0.25, -0.2) is 0 Å². The maximum atomic E-state index is 2.96. The second-order valence-electron chi connectivity index (χ2n) is 3.09. The number of benzene rings is 1. The van der Waals surface area contributed by atoms with Gasteiger partial charge in [0.15, 0.2) is 0 Å². The average Bonchev–Trinajstić information content (AvgIpc) is 2.85. The van der Waals surface area contributed by atoms with Crippen molar-refractivity contribution in [2.24, 2.45) is 0 Å². The molecule has 0 aliphatic carbocycles. The molecule has 17 heavy (non-hydrogen) atoms. The van der Waals surface area contributed by atoms with Crippen molar-refractivity contribution in [2.75, 3.05) is 0 Å². The maximum absolute atomic E-state index is 2.96. The van der Waals surface area contributed by atoms with Crippen molar-refractivity contribution >= 4 is 11.3 Å². The van der Waals surface area contributed by atoms with Crippen LogP contribution in [-0.4, -0.2) is 0 Å². The lowest BCUT2D eigenvalue weighted by atomic mass is 10.2. The lowest BCUT2D eigenvalue weighted by molar-refractivity contribution is 1.64. The van der Waals surface area contributed by atoms with Crippen molar-refractivity contribution < 1.29 is 0 Å². The second kappa shape index (κ2) is 8.22. The van der Waals surface area contributed by atoms with Crippen LogP contribution in [0.4, 0.5) is 0 Å². The van der Waals surface area contributed by atoms with Crippen LogP contribution in [0.5, 0.6) is 0 Å². The first-order valence-electron chi connectivity index (χ1n) is 5.31. The zero-order valence-corrected chi connectivity index (χ0v) is 10.8. The second-order valence-corrected chi connectivity index (χ2v) is 4.04. The molecule has 0 fully saturated rings. The molecule has 0 atom stereocenters. The Morgan fingerprint density at radius 1 is 0.824 bits per heavy atom. The molecule has 0 aliphatic heterocycles. The first-order chi connectivity index (χ1) is 8.36. The van der Waals surface area contributed by atoms with E-state index in [0.717, 1.165) is 10.4 Å². The van der Waals surface area contributed by atoms with E-state index in [4.69, 9.17) is 0 Å². The van der Waals surface area contributed by atoms with Crippen LogP contribution < -0.4 is 0 Å². The normalized spacial score (nSPS) is 7.65. The average molecular weight is 238 g/mol. The molecule has 1 heterocycles. The Hall–Kier alpha value is -1.96. The fourth-order valence-electron chi connectivity index (χ4n) is 1.14. The molecule has 0 bridgehead atoms. The zero-order valence-electron chi connectivity index (χ0n) is 10.0. The molecule has 0 N–H and O–H groups in total. The highest BCUT2D eigenvalue weighted by Crippen LogP contribution is 2.04. The minimum absolute atomic E-state index is 1.08. The van der Waals surface area contributed by atoms with E-state index in [0.29, 0.717) is 0 Å². The van der Waals surface area contributed by atoms with Gasteiger partial charge in [0.2, 0.25) is 0 Å². The number of thiophene rings is 1. The van der Waals surface area contributed by atoms with Crippen LogP contribution in [0.1, 0.15) is 24.3 Å². The summed E-state index contributed by atoms with van der Waals surface area (Å²) in [5, 5.41) is 2.03. The van der Waals surface area contributed by atoms with E-state index >= 15 is 0 Å². The zero-order chi connectivity index (χ0) is 12.3. The standard InChI is InChI=1S/C9H8.C7H6S/c1-2-6-9-7-4-3-5-8-9;1-2-4-7-5-3-6-8-7/h3-5,7-8H,1H3;3,5-6H,1H3. The Labute approximate surface area is 107 Å². The van der Waals surface area contributed by atoms with E-state index in [2.05, 4.69) is 23.7 Å².